The number of fused-ring (bicyclic) bond motifs is 2. The summed E-state index contributed by atoms with van der Waals surface area (Å²) in [7, 11) is 0. The van der Waals surface area contributed by atoms with Crippen molar-refractivity contribution in [3.63, 3.8) is 0 Å². The zero-order valence-electron chi connectivity index (χ0n) is 46.6. The average Bonchev–Trinajstić information content (AvgIpc) is 3.68. The SMILES string of the molecule is Cc1cc(C)c(-c2cc(Oc3[c-]c4c(cc3C)C(C)(C)c3cc(C)ccc3N4c3cc(C(C)(C)C)ccn3)[c-]c(C3=N[C@H](C(C(C)C)C(C)C)CN3c3cc(C(C)(C)C)cc(C(C)(C)C)c3)c2)c(C)c1.[Pt+2]. The first-order chi connectivity index (χ1) is 32.5. The average molecular weight is 1130 g/mol. The summed E-state index contributed by atoms with van der Waals surface area (Å²) < 4.78 is 7.27. The normalized spacial score (nSPS) is 15.8. The predicted octanol–water partition coefficient (Wildman–Crippen LogP) is 17.2. The van der Waals surface area contributed by atoms with E-state index in [1.807, 2.05) is 6.20 Å². The van der Waals surface area contributed by atoms with E-state index >= 15 is 0 Å². The Bertz CT molecular complexity index is 2940. The maximum Gasteiger partial charge on any atom is 2.00 e. The van der Waals surface area contributed by atoms with Crippen molar-refractivity contribution in [2.24, 2.45) is 22.7 Å². The molecule has 6 heteroatoms. The van der Waals surface area contributed by atoms with Crippen LogP contribution < -0.4 is 14.5 Å². The van der Waals surface area contributed by atoms with E-state index in [1.54, 1.807) is 0 Å². The van der Waals surface area contributed by atoms with Crippen LogP contribution in [0, 0.1) is 64.5 Å². The van der Waals surface area contributed by atoms with E-state index in [0.29, 0.717) is 29.3 Å². The molecule has 3 heterocycles. The third-order valence-corrected chi connectivity index (χ3v) is 15.1. The van der Waals surface area contributed by atoms with E-state index in [2.05, 4.69) is 239 Å². The van der Waals surface area contributed by atoms with Crippen LogP contribution >= 0.6 is 0 Å². The van der Waals surface area contributed by atoms with E-state index in [1.165, 1.54) is 61.3 Å². The summed E-state index contributed by atoms with van der Waals surface area (Å²) in [5.74, 6) is 4.40. The molecule has 0 radical (unpaired) electrons. The minimum absolute atomic E-state index is 0. The van der Waals surface area contributed by atoms with E-state index < -0.39 is 0 Å². The molecule has 5 aromatic carbocycles. The van der Waals surface area contributed by atoms with Gasteiger partial charge >= 0.3 is 21.1 Å². The van der Waals surface area contributed by atoms with Crippen molar-refractivity contribution in [2.75, 3.05) is 16.3 Å². The van der Waals surface area contributed by atoms with Crippen molar-refractivity contribution in [1.82, 2.24) is 4.98 Å². The number of aromatic nitrogens is 1. The Hall–Kier alpha value is -4.99. The Balaban J connectivity index is 0.00000741. The number of aliphatic imine (C=N–C) groups is 1. The van der Waals surface area contributed by atoms with Crippen LogP contribution in [0.3, 0.4) is 0 Å². The molecule has 0 spiro atoms. The zero-order valence-corrected chi connectivity index (χ0v) is 48.9. The smallest absolute Gasteiger partial charge is 0.503 e. The second kappa shape index (κ2) is 19.5. The minimum Gasteiger partial charge on any atom is -0.503 e. The second-order valence-electron chi connectivity index (χ2n) is 25.2. The van der Waals surface area contributed by atoms with Crippen LogP contribution in [0.2, 0.25) is 0 Å². The van der Waals surface area contributed by atoms with E-state index in [0.717, 1.165) is 46.3 Å². The number of rotatable bonds is 9. The molecule has 0 saturated heterocycles. The largest absolute Gasteiger partial charge is 2.00 e. The molecule has 1 aromatic heterocycles. The molecule has 0 fully saturated rings. The molecule has 71 heavy (non-hydrogen) atoms. The molecule has 2 aliphatic heterocycles. The fraction of sp³-hybridized carbons (Fsp3) is 0.446. The summed E-state index contributed by atoms with van der Waals surface area (Å²) in [5.41, 5.74) is 18.2. The molecule has 0 aliphatic carbocycles. The number of aryl methyl sites for hydroxylation is 5. The molecule has 0 amide bonds. The third kappa shape index (κ3) is 10.6. The summed E-state index contributed by atoms with van der Waals surface area (Å²) in [6, 6.07) is 37.6. The number of benzene rings is 5. The van der Waals surface area contributed by atoms with Crippen LogP contribution in [-0.4, -0.2) is 23.4 Å². The van der Waals surface area contributed by atoms with Gasteiger partial charge < -0.3 is 19.5 Å². The van der Waals surface area contributed by atoms with Gasteiger partial charge in [-0.25, -0.2) is 4.98 Å². The number of hydrogen-bond acceptors (Lipinski definition) is 5. The van der Waals surface area contributed by atoms with Gasteiger partial charge in [-0.1, -0.05) is 176 Å². The monoisotopic (exact) mass is 1130 g/mol. The third-order valence-electron chi connectivity index (χ3n) is 15.1. The first kappa shape index (κ1) is 53.8. The maximum atomic E-state index is 7.27. The standard InChI is InChI=1S/C65H80N4O.Pt/c1-38(2)59(39(3)4)54-37-68(50-33-48(63(13,14)15)32-49(34-50)64(16,17)18)61(67-54)46-29-45(60-43(8)25-41(6)26-44(60)9)30-51(31-46)70-57-36-56-53(28-42(57)7)65(19,20)52-27-40(5)21-22-55(52)69(56)58-35-47(23-24-66-58)62(10,11)12;/h21-30,32-35,38-39,54,59H,37H2,1-20H3;/q-2;+2/t54-;/m0./s1. The van der Waals surface area contributed by atoms with Crippen molar-refractivity contribution in [3.05, 3.63) is 158 Å². The van der Waals surface area contributed by atoms with Crippen molar-refractivity contribution in [1.29, 1.82) is 0 Å². The van der Waals surface area contributed by atoms with Gasteiger partial charge in [-0.2, -0.15) is 6.07 Å². The maximum absolute atomic E-state index is 7.27. The van der Waals surface area contributed by atoms with Gasteiger partial charge in [0.05, 0.1) is 11.9 Å². The van der Waals surface area contributed by atoms with E-state index in [4.69, 9.17) is 14.7 Å². The fourth-order valence-corrected chi connectivity index (χ4v) is 11.3. The number of amidine groups is 1. The van der Waals surface area contributed by atoms with E-state index in [9.17, 15) is 0 Å². The molecule has 2 aliphatic rings. The topological polar surface area (TPSA) is 41.0 Å². The molecule has 6 aromatic rings. The summed E-state index contributed by atoms with van der Waals surface area (Å²) in [6.07, 6.45) is 1.94. The Morgan fingerprint density at radius 3 is 1.83 bits per heavy atom. The number of nitrogens with zero attached hydrogens (tertiary/aromatic N) is 4. The second-order valence-corrected chi connectivity index (χ2v) is 25.2. The van der Waals surface area contributed by atoms with Crippen LogP contribution in [0.4, 0.5) is 22.9 Å². The first-order valence-corrected chi connectivity index (χ1v) is 25.8. The molecule has 0 unspecified atom stereocenters. The molecule has 1 atom stereocenters. The van der Waals surface area contributed by atoms with Crippen LogP contribution in [0.25, 0.3) is 11.1 Å². The Labute approximate surface area is 443 Å². The van der Waals surface area contributed by atoms with Gasteiger partial charge in [0.1, 0.15) is 5.82 Å². The Morgan fingerprint density at radius 1 is 0.648 bits per heavy atom. The molecular weight excluding hydrogens is 1050 g/mol. The van der Waals surface area contributed by atoms with Crippen LogP contribution in [0.1, 0.15) is 165 Å². The summed E-state index contributed by atoms with van der Waals surface area (Å²) in [5, 5.41) is 0. The summed E-state index contributed by atoms with van der Waals surface area (Å²) in [4.78, 5) is 15.7. The number of hydrogen-bond donors (Lipinski definition) is 0. The molecule has 8 rings (SSSR count). The van der Waals surface area contributed by atoms with Crippen LogP contribution in [-0.2, 0) is 42.7 Å². The van der Waals surface area contributed by atoms with Gasteiger partial charge in [0.15, 0.2) is 0 Å². The Morgan fingerprint density at radius 2 is 1.25 bits per heavy atom. The van der Waals surface area contributed by atoms with Crippen molar-refractivity contribution in [2.45, 2.75) is 166 Å². The van der Waals surface area contributed by atoms with Crippen LogP contribution in [0.15, 0.2) is 90.1 Å². The quantitative estimate of drug-likeness (QED) is 0.135. The minimum atomic E-state index is -0.310. The van der Waals surface area contributed by atoms with Crippen LogP contribution in [0.5, 0.6) is 11.5 Å². The Kier molecular flexibility index (Phi) is 14.7. The molecular formula is C65H80N4OPt. The molecule has 0 bridgehead atoms. The number of ether oxygens (including phenoxy) is 1. The molecule has 376 valence electrons. The fourth-order valence-electron chi connectivity index (χ4n) is 11.3. The zero-order chi connectivity index (χ0) is 51.2. The number of anilines is 4. The summed E-state index contributed by atoms with van der Waals surface area (Å²) in [6.45, 7) is 46.5. The van der Waals surface area contributed by atoms with Gasteiger partial charge in [-0.3, -0.25) is 0 Å². The van der Waals surface area contributed by atoms with Gasteiger partial charge in [-0.15, -0.1) is 28.8 Å². The summed E-state index contributed by atoms with van der Waals surface area (Å²) >= 11 is 0. The van der Waals surface area contributed by atoms with Gasteiger partial charge in [-0.05, 0) is 136 Å². The van der Waals surface area contributed by atoms with Gasteiger partial charge in [0.25, 0.3) is 0 Å². The van der Waals surface area contributed by atoms with Gasteiger partial charge in [0.2, 0.25) is 0 Å². The van der Waals surface area contributed by atoms with Crippen molar-refractivity contribution in [3.8, 4) is 22.6 Å². The molecule has 5 nitrogen and oxygen atoms in total. The van der Waals surface area contributed by atoms with Gasteiger partial charge in [0, 0.05) is 35.6 Å². The van der Waals surface area contributed by atoms with Crippen molar-refractivity contribution < 1.29 is 25.8 Å². The molecule has 0 N–H and O–H groups in total. The molecule has 0 saturated carbocycles. The number of pyridine rings is 1. The van der Waals surface area contributed by atoms with Crippen molar-refractivity contribution >= 4 is 28.7 Å². The first-order valence-electron chi connectivity index (χ1n) is 25.8. The van der Waals surface area contributed by atoms with E-state index in [-0.39, 0.29) is 48.8 Å². The predicted molar refractivity (Wildman–Crippen MR) is 298 cm³/mol.